The van der Waals surface area contributed by atoms with Crippen LogP contribution >= 0.6 is 0 Å². The molecule has 0 aliphatic carbocycles. The number of carbonyl (C=O) groups is 3. The van der Waals surface area contributed by atoms with E-state index in [2.05, 4.69) is 5.32 Å². The highest BCUT2D eigenvalue weighted by Crippen LogP contribution is 2.03. The summed E-state index contributed by atoms with van der Waals surface area (Å²) in [4.78, 5) is 32.3. The first-order valence-electron chi connectivity index (χ1n) is 4.83. The monoisotopic (exact) mass is 228 g/mol. The number of carbonyl (C=O) groups excluding carboxylic acids is 2. The highest BCUT2D eigenvalue weighted by Gasteiger charge is 2.11. The zero-order valence-electron chi connectivity index (χ0n) is 9.37. The van der Waals surface area contributed by atoms with E-state index in [1.54, 1.807) is 0 Å². The Morgan fingerprint density at radius 3 is 2.19 bits per heavy atom. The quantitative estimate of drug-likeness (QED) is 0.431. The van der Waals surface area contributed by atoms with Gasteiger partial charge in [0.15, 0.2) is 0 Å². The summed E-state index contributed by atoms with van der Waals surface area (Å²) in [5.74, 6) is -1.99. The number of primary amides is 1. The van der Waals surface area contributed by atoms with Crippen LogP contribution in [0.25, 0.3) is 0 Å². The van der Waals surface area contributed by atoms with Crippen molar-refractivity contribution in [1.82, 2.24) is 5.32 Å². The van der Waals surface area contributed by atoms with Crippen LogP contribution in [0.2, 0.25) is 0 Å². The first-order valence-corrected chi connectivity index (χ1v) is 4.83. The van der Waals surface area contributed by atoms with Crippen molar-refractivity contribution < 1.29 is 19.5 Å². The molecule has 16 heavy (non-hydrogen) atoms. The van der Waals surface area contributed by atoms with Crippen LogP contribution in [0.5, 0.6) is 0 Å². The van der Waals surface area contributed by atoms with E-state index in [1.165, 1.54) is 13.8 Å². The molecule has 0 atom stereocenters. The van der Waals surface area contributed by atoms with Crippen molar-refractivity contribution in [2.45, 2.75) is 26.7 Å². The molecule has 0 rings (SSSR count). The fourth-order valence-corrected chi connectivity index (χ4v) is 0.928. The van der Waals surface area contributed by atoms with Gasteiger partial charge in [-0.2, -0.15) is 0 Å². The highest BCUT2D eigenvalue weighted by atomic mass is 16.4. The summed E-state index contributed by atoms with van der Waals surface area (Å²) < 4.78 is 0. The average Bonchev–Trinajstić information content (AvgIpc) is 2.21. The van der Waals surface area contributed by atoms with Gasteiger partial charge in [0.25, 0.3) is 0 Å². The standard InChI is InChI=1S/C10H16N2O4/c1-6(7(2)10(15)16)9(14)12-5-3-4-8(11)13/h3-5H2,1-2H3,(H2,11,13)(H,12,14)(H,15,16). The Morgan fingerprint density at radius 1 is 1.19 bits per heavy atom. The van der Waals surface area contributed by atoms with Crippen LogP contribution in [-0.4, -0.2) is 29.4 Å². The van der Waals surface area contributed by atoms with Gasteiger partial charge in [0.1, 0.15) is 0 Å². The lowest BCUT2D eigenvalue weighted by molar-refractivity contribution is -0.133. The lowest BCUT2D eigenvalue weighted by Gasteiger charge is -2.05. The maximum absolute atomic E-state index is 11.4. The second kappa shape index (κ2) is 6.60. The summed E-state index contributed by atoms with van der Waals surface area (Å²) in [6, 6.07) is 0. The summed E-state index contributed by atoms with van der Waals surface area (Å²) in [7, 11) is 0. The molecule has 0 heterocycles. The molecule has 0 aromatic heterocycles. The third kappa shape index (κ3) is 5.14. The van der Waals surface area contributed by atoms with Gasteiger partial charge in [-0.3, -0.25) is 9.59 Å². The predicted octanol–water partition coefficient (Wildman–Crippen LogP) is -0.211. The van der Waals surface area contributed by atoms with Gasteiger partial charge in [-0.1, -0.05) is 0 Å². The third-order valence-corrected chi connectivity index (χ3v) is 2.11. The van der Waals surface area contributed by atoms with Crippen LogP contribution in [0, 0.1) is 0 Å². The Labute approximate surface area is 93.5 Å². The van der Waals surface area contributed by atoms with E-state index in [9.17, 15) is 14.4 Å². The molecular formula is C10H16N2O4. The predicted molar refractivity (Wildman–Crippen MR) is 57.4 cm³/mol. The molecule has 0 aliphatic rings. The van der Waals surface area contributed by atoms with Gasteiger partial charge in [0.05, 0.1) is 0 Å². The lowest BCUT2D eigenvalue weighted by Crippen LogP contribution is -2.27. The minimum absolute atomic E-state index is 0.00685. The van der Waals surface area contributed by atoms with Gasteiger partial charge in [-0.05, 0) is 20.3 Å². The number of amides is 2. The SMILES string of the molecule is CC(C(=O)O)=C(C)C(=O)NCCCC(N)=O. The zero-order chi connectivity index (χ0) is 12.7. The molecule has 0 spiro atoms. The fourth-order valence-electron chi connectivity index (χ4n) is 0.928. The van der Waals surface area contributed by atoms with Crippen LogP contribution in [-0.2, 0) is 14.4 Å². The molecule has 2 amide bonds. The molecule has 90 valence electrons. The van der Waals surface area contributed by atoms with Crippen LogP contribution in [0.3, 0.4) is 0 Å². The van der Waals surface area contributed by atoms with Crippen LogP contribution in [0.15, 0.2) is 11.1 Å². The van der Waals surface area contributed by atoms with Gasteiger partial charge < -0.3 is 16.2 Å². The maximum atomic E-state index is 11.4. The molecule has 0 unspecified atom stereocenters. The Morgan fingerprint density at radius 2 is 1.75 bits per heavy atom. The molecule has 0 bridgehead atoms. The van der Waals surface area contributed by atoms with Gasteiger partial charge in [0.2, 0.25) is 11.8 Å². The molecule has 0 saturated carbocycles. The van der Waals surface area contributed by atoms with Crippen molar-refractivity contribution in [3.8, 4) is 0 Å². The minimum atomic E-state index is -1.12. The number of nitrogens with two attached hydrogens (primary N) is 1. The topological polar surface area (TPSA) is 109 Å². The number of carboxylic acid groups (broad SMARTS) is 1. The van der Waals surface area contributed by atoms with Crippen molar-refractivity contribution >= 4 is 17.8 Å². The summed E-state index contributed by atoms with van der Waals surface area (Å²) in [6.45, 7) is 3.10. The van der Waals surface area contributed by atoms with Gasteiger partial charge >= 0.3 is 5.97 Å². The molecule has 4 N–H and O–H groups in total. The second-order valence-electron chi connectivity index (χ2n) is 3.38. The molecule has 0 aliphatic heterocycles. The molecule has 0 saturated heterocycles. The van der Waals surface area contributed by atoms with Crippen molar-refractivity contribution in [3.63, 3.8) is 0 Å². The van der Waals surface area contributed by atoms with Crippen LogP contribution in [0.4, 0.5) is 0 Å². The lowest BCUT2D eigenvalue weighted by atomic mass is 10.1. The van der Waals surface area contributed by atoms with E-state index >= 15 is 0 Å². The summed E-state index contributed by atoms with van der Waals surface area (Å²) in [6.07, 6.45) is 0.640. The fraction of sp³-hybridized carbons (Fsp3) is 0.500. The van der Waals surface area contributed by atoms with Crippen LogP contribution in [0.1, 0.15) is 26.7 Å². The normalized spacial score (nSPS) is 11.6. The molecule has 6 heteroatoms. The summed E-state index contributed by atoms with van der Waals surface area (Å²) in [5, 5.41) is 11.2. The Balaban J connectivity index is 4.12. The molecule has 0 aromatic rings. The summed E-state index contributed by atoms with van der Waals surface area (Å²) in [5.41, 5.74) is 5.08. The molecular weight excluding hydrogens is 212 g/mol. The Kier molecular flexibility index (Phi) is 5.84. The van der Waals surface area contributed by atoms with Crippen LogP contribution < -0.4 is 11.1 Å². The van der Waals surface area contributed by atoms with E-state index in [0.29, 0.717) is 13.0 Å². The number of hydrogen-bond donors (Lipinski definition) is 3. The van der Waals surface area contributed by atoms with Crippen molar-refractivity contribution in [3.05, 3.63) is 11.1 Å². The van der Waals surface area contributed by atoms with Gasteiger partial charge in [-0.15, -0.1) is 0 Å². The van der Waals surface area contributed by atoms with Gasteiger partial charge in [-0.25, -0.2) is 4.79 Å². The van der Waals surface area contributed by atoms with Crippen molar-refractivity contribution in [1.29, 1.82) is 0 Å². The van der Waals surface area contributed by atoms with E-state index in [1.807, 2.05) is 0 Å². The van der Waals surface area contributed by atoms with Gasteiger partial charge in [0, 0.05) is 24.1 Å². The third-order valence-electron chi connectivity index (χ3n) is 2.11. The first-order chi connectivity index (χ1) is 7.36. The highest BCUT2D eigenvalue weighted by molar-refractivity contribution is 6.01. The van der Waals surface area contributed by atoms with E-state index in [4.69, 9.17) is 10.8 Å². The average molecular weight is 228 g/mol. The number of carboxylic acids is 1. The van der Waals surface area contributed by atoms with Crippen molar-refractivity contribution in [2.75, 3.05) is 6.54 Å². The number of aliphatic carboxylic acids is 1. The molecule has 0 radical (unpaired) electrons. The number of rotatable bonds is 6. The minimum Gasteiger partial charge on any atom is -0.478 e. The first kappa shape index (κ1) is 14.2. The van der Waals surface area contributed by atoms with Crippen molar-refractivity contribution in [2.24, 2.45) is 5.73 Å². The number of nitrogens with one attached hydrogen (secondary N) is 1. The molecule has 0 fully saturated rings. The molecule has 0 aromatic carbocycles. The Bertz CT molecular complexity index is 334. The zero-order valence-corrected chi connectivity index (χ0v) is 9.37. The van der Waals surface area contributed by atoms with E-state index in [-0.39, 0.29) is 17.6 Å². The maximum Gasteiger partial charge on any atom is 0.331 e. The second-order valence-corrected chi connectivity index (χ2v) is 3.38. The molecule has 6 nitrogen and oxygen atoms in total. The largest absolute Gasteiger partial charge is 0.478 e. The van der Waals surface area contributed by atoms with E-state index in [0.717, 1.165) is 0 Å². The smallest absolute Gasteiger partial charge is 0.331 e. The number of hydrogen-bond acceptors (Lipinski definition) is 3. The Hall–Kier alpha value is -1.85. The summed E-state index contributed by atoms with van der Waals surface area (Å²) >= 11 is 0. The van der Waals surface area contributed by atoms with E-state index < -0.39 is 17.8 Å².